The lowest BCUT2D eigenvalue weighted by molar-refractivity contribution is 0.263. The molecule has 0 saturated heterocycles. The molecule has 0 aromatic rings. The van der Waals surface area contributed by atoms with Crippen molar-refractivity contribution in [2.24, 2.45) is 0 Å². The second-order valence-corrected chi connectivity index (χ2v) is 6.84. The average Bonchev–Trinajstić information content (AvgIpc) is 2.74. The fourth-order valence-electron chi connectivity index (χ4n) is 1.69. The summed E-state index contributed by atoms with van der Waals surface area (Å²) < 4.78 is 27.0. The van der Waals surface area contributed by atoms with Crippen LogP contribution in [-0.2, 0) is 13.7 Å². The van der Waals surface area contributed by atoms with E-state index in [1.807, 2.05) is 6.20 Å². The van der Waals surface area contributed by atoms with Gasteiger partial charge in [0.1, 0.15) is 0 Å². The van der Waals surface area contributed by atoms with E-state index in [-0.39, 0.29) is 5.75 Å². The van der Waals surface area contributed by atoms with Gasteiger partial charge >= 0.3 is 0 Å². The van der Waals surface area contributed by atoms with E-state index >= 15 is 0 Å². The molecule has 1 heterocycles. The minimum atomic E-state index is -3.43. The van der Waals surface area contributed by atoms with Crippen LogP contribution in [0.25, 0.3) is 0 Å². The van der Waals surface area contributed by atoms with Crippen LogP contribution in [0.3, 0.4) is 0 Å². The number of rotatable bonds is 9. The van der Waals surface area contributed by atoms with Crippen LogP contribution in [-0.4, -0.2) is 43.7 Å². The topological polar surface area (TPSA) is 49.9 Å². The first-order chi connectivity index (χ1) is 8.57. The molecule has 1 rings (SSSR count). The highest BCUT2D eigenvalue weighted by Crippen LogP contribution is 2.14. The van der Waals surface area contributed by atoms with Gasteiger partial charge in [0.25, 0.3) is 10.1 Å². The quantitative estimate of drug-likeness (QED) is 0.399. The van der Waals surface area contributed by atoms with Gasteiger partial charge in [-0.25, -0.2) is 0 Å². The third-order valence-corrected chi connectivity index (χ3v) is 5.03. The van der Waals surface area contributed by atoms with Crippen molar-refractivity contribution in [3.63, 3.8) is 0 Å². The summed E-state index contributed by atoms with van der Waals surface area (Å²) in [5, 5.41) is 0. The van der Waals surface area contributed by atoms with Crippen LogP contribution in [0.5, 0.6) is 0 Å². The highest BCUT2D eigenvalue weighted by atomic mass is 33.1. The zero-order valence-electron chi connectivity index (χ0n) is 10.5. The molecule has 0 radical (unpaired) electrons. The summed E-state index contributed by atoms with van der Waals surface area (Å²) in [4.78, 5) is 4.34. The molecule has 8 heteroatoms. The van der Waals surface area contributed by atoms with Gasteiger partial charge in [-0.3, -0.25) is 0 Å². The zero-order chi connectivity index (χ0) is 13.4. The zero-order valence-corrected chi connectivity index (χ0v) is 13.0. The van der Waals surface area contributed by atoms with Crippen molar-refractivity contribution in [3.05, 3.63) is 12.4 Å². The number of unbranched alkanes of at least 4 members (excludes halogenated alkanes) is 1. The molecular formula is C10H20N2O3S3. The molecule has 0 aromatic carbocycles. The highest BCUT2D eigenvalue weighted by molar-refractivity contribution is 8.67. The van der Waals surface area contributed by atoms with E-state index in [4.69, 9.17) is 0 Å². The van der Waals surface area contributed by atoms with E-state index < -0.39 is 10.1 Å². The lowest BCUT2D eigenvalue weighted by atomic mass is 10.3. The molecule has 0 amide bonds. The Morgan fingerprint density at radius 2 is 1.89 bits per heavy atom. The lowest BCUT2D eigenvalue weighted by Crippen LogP contribution is -2.27. The van der Waals surface area contributed by atoms with Crippen molar-refractivity contribution in [3.8, 4) is 0 Å². The van der Waals surface area contributed by atoms with Crippen molar-refractivity contribution in [1.82, 2.24) is 9.80 Å². The van der Waals surface area contributed by atoms with Crippen LogP contribution in [0.1, 0.15) is 26.2 Å². The predicted molar refractivity (Wildman–Crippen MR) is 78.4 cm³/mol. The largest absolute Gasteiger partial charge is 0.359 e. The Bertz CT molecular complexity index is 359. The average molecular weight is 312 g/mol. The van der Waals surface area contributed by atoms with Gasteiger partial charge in [0.05, 0.1) is 23.5 Å². The van der Waals surface area contributed by atoms with E-state index in [2.05, 4.69) is 38.2 Å². The molecule has 1 aliphatic rings. The Labute approximate surface area is 119 Å². The Hall–Kier alpha value is -0.0500. The maximum atomic E-state index is 11.3. The van der Waals surface area contributed by atoms with E-state index in [9.17, 15) is 8.42 Å². The molecule has 0 saturated carbocycles. The summed E-state index contributed by atoms with van der Waals surface area (Å²) in [6.07, 6.45) is 6.99. The van der Waals surface area contributed by atoms with Crippen LogP contribution in [0.2, 0.25) is 0 Å². The summed E-state index contributed by atoms with van der Waals surface area (Å²) in [6.45, 7) is 4.80. The van der Waals surface area contributed by atoms with Crippen LogP contribution >= 0.6 is 22.7 Å². The maximum absolute atomic E-state index is 11.3. The second kappa shape index (κ2) is 8.19. The first-order valence-corrected chi connectivity index (χ1v) is 9.33. The van der Waals surface area contributed by atoms with Gasteiger partial charge in [-0.2, -0.15) is 12.0 Å². The van der Waals surface area contributed by atoms with Gasteiger partial charge in [-0.15, -0.1) is 0 Å². The molecular weight excluding hydrogens is 292 g/mol. The molecule has 0 unspecified atom stereocenters. The van der Waals surface area contributed by atoms with E-state index in [0.717, 1.165) is 19.8 Å². The van der Waals surface area contributed by atoms with Crippen molar-refractivity contribution in [1.29, 1.82) is 0 Å². The van der Waals surface area contributed by atoms with Crippen molar-refractivity contribution >= 4 is 32.9 Å². The Morgan fingerprint density at radius 3 is 2.44 bits per heavy atom. The molecule has 0 N–H and O–H groups in total. The normalized spacial score (nSPS) is 15.7. The minimum Gasteiger partial charge on any atom is -0.359 e. The molecule has 18 heavy (non-hydrogen) atoms. The van der Waals surface area contributed by atoms with E-state index in [1.54, 1.807) is 0 Å². The summed E-state index contributed by atoms with van der Waals surface area (Å²) in [5.41, 5.74) is 0. The molecule has 0 fully saturated rings. The summed E-state index contributed by atoms with van der Waals surface area (Å²) in [6, 6.07) is 0. The minimum absolute atomic E-state index is 0.0276. The fraction of sp³-hybridized carbons (Fsp3) is 0.800. The third kappa shape index (κ3) is 6.21. The smallest absolute Gasteiger partial charge is 0.278 e. The van der Waals surface area contributed by atoms with E-state index in [1.165, 1.54) is 12.8 Å². The first kappa shape index (κ1) is 16.0. The van der Waals surface area contributed by atoms with E-state index in [0.29, 0.717) is 17.5 Å². The number of hydrogen-bond donors (Lipinski definition) is 1. The Balaban J connectivity index is 2.17. The lowest BCUT2D eigenvalue weighted by Gasteiger charge is -2.20. The molecule has 0 bridgehead atoms. The van der Waals surface area contributed by atoms with Gasteiger partial charge in [0, 0.05) is 25.5 Å². The fourth-order valence-corrected chi connectivity index (χ4v) is 3.65. The van der Waals surface area contributed by atoms with Gasteiger partial charge in [-0.1, -0.05) is 25.0 Å². The molecule has 0 aliphatic carbocycles. The molecule has 0 aromatic heterocycles. The highest BCUT2D eigenvalue weighted by Gasteiger charge is 2.14. The van der Waals surface area contributed by atoms with Gasteiger partial charge in [-0.05, 0) is 12.8 Å². The Kier molecular flexibility index (Phi) is 7.28. The monoisotopic (exact) mass is 312 g/mol. The maximum Gasteiger partial charge on any atom is 0.278 e. The van der Waals surface area contributed by atoms with Crippen LogP contribution in [0.4, 0.5) is 0 Å². The van der Waals surface area contributed by atoms with Gasteiger partial charge in [0.15, 0.2) is 0 Å². The summed E-state index contributed by atoms with van der Waals surface area (Å²) >= 11 is 4.23. The Morgan fingerprint density at radius 1 is 1.28 bits per heavy atom. The van der Waals surface area contributed by atoms with Crippen molar-refractivity contribution in [2.45, 2.75) is 26.2 Å². The van der Waals surface area contributed by atoms with Crippen molar-refractivity contribution in [2.75, 3.05) is 25.5 Å². The van der Waals surface area contributed by atoms with Gasteiger partial charge in [0.2, 0.25) is 0 Å². The SMILES string of the molecule is CCCCN1C=CN(CCCS(=O)(=O)OSS)C1. The third-order valence-electron chi connectivity index (χ3n) is 2.62. The molecule has 0 atom stereocenters. The number of thiol groups is 1. The predicted octanol–water partition coefficient (Wildman–Crippen LogP) is 2.06. The molecule has 106 valence electrons. The van der Waals surface area contributed by atoms with Gasteiger partial charge < -0.3 is 9.80 Å². The van der Waals surface area contributed by atoms with Crippen LogP contribution < -0.4 is 0 Å². The summed E-state index contributed by atoms with van der Waals surface area (Å²) in [7, 11) is -3.43. The van der Waals surface area contributed by atoms with Crippen LogP contribution in [0.15, 0.2) is 12.4 Å². The van der Waals surface area contributed by atoms with Crippen molar-refractivity contribution < 1.29 is 12.0 Å². The number of hydrogen-bond acceptors (Lipinski definition) is 7. The molecule has 1 aliphatic heterocycles. The molecule has 5 nitrogen and oxygen atoms in total. The number of nitrogens with zero attached hydrogens (tertiary/aromatic N) is 2. The standard InChI is InChI=1S/C10H20N2O3S3/c1-2-3-5-11-7-8-12(10-11)6-4-9-18(13,14)15-17-16/h7-8,16H,2-6,9-10H2,1H3. The second-order valence-electron chi connectivity index (χ2n) is 4.18. The summed E-state index contributed by atoms with van der Waals surface area (Å²) in [5.74, 6) is 0.0276. The first-order valence-electron chi connectivity index (χ1n) is 5.96. The molecule has 0 spiro atoms. The van der Waals surface area contributed by atoms with Crippen LogP contribution in [0, 0.1) is 0 Å².